The van der Waals surface area contributed by atoms with Crippen molar-refractivity contribution >= 4 is 11.7 Å². The highest BCUT2D eigenvalue weighted by Gasteiger charge is 2.28. The molecule has 0 saturated carbocycles. The summed E-state index contributed by atoms with van der Waals surface area (Å²) < 4.78 is 36.4. The number of rotatable bonds is 5. The molecule has 0 aliphatic rings. The van der Waals surface area contributed by atoms with Gasteiger partial charge in [-0.3, -0.25) is 4.79 Å². The summed E-state index contributed by atoms with van der Waals surface area (Å²) in [6.45, 7) is -0.480. The molecule has 0 bridgehead atoms. The van der Waals surface area contributed by atoms with Crippen molar-refractivity contribution in [3.05, 3.63) is 22.5 Å². The molecule has 0 radical (unpaired) electrons. The van der Waals surface area contributed by atoms with Crippen LogP contribution < -0.4 is 0 Å². The monoisotopic (exact) mass is 250 g/mol. The van der Waals surface area contributed by atoms with Crippen molar-refractivity contribution in [2.75, 3.05) is 0 Å². The lowest BCUT2D eigenvalue weighted by molar-refractivity contribution is -0.396. The van der Waals surface area contributed by atoms with Crippen LogP contribution in [-0.2, 0) is 11.3 Å². The third-order valence-corrected chi connectivity index (χ3v) is 1.89. The Morgan fingerprint density at radius 2 is 2.18 bits per heavy atom. The quantitative estimate of drug-likeness (QED) is 0.588. The van der Waals surface area contributed by atoms with Gasteiger partial charge in [0.25, 0.3) is 0 Å². The molecule has 0 aliphatic carbocycles. The molecule has 0 fully saturated rings. The molecule has 0 saturated heterocycles. The van der Waals surface area contributed by atoms with E-state index in [1.54, 1.807) is 0 Å². The van der Waals surface area contributed by atoms with Crippen LogP contribution in [0, 0.1) is 10.1 Å². The van der Waals surface area contributed by atoms with Gasteiger partial charge in [0.05, 0.1) is 6.42 Å². The van der Waals surface area contributed by atoms with Crippen molar-refractivity contribution in [3.63, 3.8) is 0 Å². The van der Waals surface area contributed by atoms with Gasteiger partial charge >= 0.3 is 12.1 Å². The van der Waals surface area contributed by atoms with E-state index in [0.717, 1.165) is 10.8 Å². The van der Waals surface area contributed by atoms with E-state index in [0.29, 0.717) is 0 Å². The number of carbonyl (C=O) groups is 1. The maximum atomic E-state index is 11.8. The fourth-order valence-corrected chi connectivity index (χ4v) is 1.15. The second kappa shape index (κ2) is 4.93. The molecule has 9 heteroatoms. The maximum Gasteiger partial charge on any atom is 0.434 e. The van der Waals surface area contributed by atoms with Crippen LogP contribution in [0.1, 0.15) is 12.8 Å². The largest absolute Gasteiger partial charge is 0.434 e. The fraction of sp³-hybridized carbons (Fsp3) is 0.500. The molecule has 1 rings (SSSR count). The van der Waals surface area contributed by atoms with Crippen LogP contribution in [0.5, 0.6) is 0 Å². The first-order chi connectivity index (χ1) is 7.79. The van der Waals surface area contributed by atoms with Crippen LogP contribution >= 0.6 is 0 Å². The van der Waals surface area contributed by atoms with E-state index in [1.807, 2.05) is 0 Å². The first-order valence-corrected chi connectivity index (χ1v) is 4.53. The Balaban J connectivity index is 2.57. The lowest BCUT2D eigenvalue weighted by Gasteiger charge is -2.04. The minimum atomic E-state index is -4.41. The molecule has 1 aromatic heterocycles. The number of alkyl halides is 3. The molecule has 0 unspecified atom stereocenters. The van der Waals surface area contributed by atoms with E-state index >= 15 is 0 Å². The minimum absolute atomic E-state index is 0.480. The molecule has 0 spiro atoms. The van der Waals surface area contributed by atoms with Gasteiger partial charge in [-0.15, -0.1) is 0 Å². The summed E-state index contributed by atoms with van der Waals surface area (Å²) in [6, 6.07) is 0. The van der Waals surface area contributed by atoms with E-state index in [2.05, 4.69) is 4.98 Å². The predicted molar refractivity (Wildman–Crippen MR) is 49.2 cm³/mol. The van der Waals surface area contributed by atoms with Crippen molar-refractivity contribution in [1.82, 2.24) is 9.55 Å². The zero-order valence-electron chi connectivity index (χ0n) is 8.48. The zero-order valence-corrected chi connectivity index (χ0v) is 8.48. The summed E-state index contributed by atoms with van der Waals surface area (Å²) in [5.74, 6) is -1.30. The average Bonchev–Trinajstić information content (AvgIpc) is 2.62. The van der Waals surface area contributed by atoms with E-state index in [1.165, 1.54) is 6.20 Å². The van der Waals surface area contributed by atoms with Gasteiger partial charge in [0.15, 0.2) is 5.78 Å². The Labute approximate surface area is 93.2 Å². The number of halogens is 3. The Kier molecular flexibility index (Phi) is 3.81. The van der Waals surface area contributed by atoms with E-state index in [4.69, 9.17) is 0 Å². The fourth-order valence-electron chi connectivity index (χ4n) is 1.15. The Morgan fingerprint density at radius 1 is 1.53 bits per heavy atom. The van der Waals surface area contributed by atoms with Gasteiger partial charge in [-0.25, -0.2) is 4.57 Å². The average molecular weight is 250 g/mol. The van der Waals surface area contributed by atoms with E-state index in [-0.39, 0.29) is 0 Å². The van der Waals surface area contributed by atoms with Gasteiger partial charge in [-0.2, -0.15) is 13.2 Å². The Morgan fingerprint density at radius 3 is 2.71 bits per heavy atom. The third kappa shape index (κ3) is 4.21. The van der Waals surface area contributed by atoms with Crippen LogP contribution in [0.4, 0.5) is 19.1 Å². The van der Waals surface area contributed by atoms with Gasteiger partial charge in [0.1, 0.15) is 18.9 Å². The SMILES string of the molecule is O=C(CCC(F)(F)[18F])Cn1ccnc1[N+](=O)[O-]. The Hall–Kier alpha value is -1.93. The molecule has 17 heavy (non-hydrogen) atoms. The summed E-state index contributed by atoms with van der Waals surface area (Å²) in [6.07, 6.45) is -4.05. The van der Waals surface area contributed by atoms with Crippen LogP contribution in [0.3, 0.4) is 0 Å². The van der Waals surface area contributed by atoms with Crippen LogP contribution in [0.25, 0.3) is 0 Å². The highest BCUT2D eigenvalue weighted by molar-refractivity contribution is 5.78. The number of ketones is 1. The van der Waals surface area contributed by atoms with Crippen LogP contribution in [0.15, 0.2) is 12.4 Å². The lowest BCUT2D eigenvalue weighted by Crippen LogP contribution is -2.15. The molecule has 1 aromatic rings. The first kappa shape index (κ1) is 13.1. The van der Waals surface area contributed by atoms with E-state index in [9.17, 15) is 28.1 Å². The summed E-state index contributed by atoms with van der Waals surface area (Å²) in [5, 5.41) is 10.4. The number of Topliss-reactive ketones (excluding diaryl/α,β-unsaturated/α-hetero) is 1. The molecule has 0 aliphatic heterocycles. The standard InChI is InChI=1S/C8H8F3N3O3/c9-8(10,11)2-1-6(15)5-13-4-3-12-7(13)14(16)17/h3-4H,1-2,5H2/i9-1. The zero-order chi connectivity index (χ0) is 13.1. The molecule has 1 heterocycles. The van der Waals surface area contributed by atoms with Crippen LogP contribution in [0.2, 0.25) is 0 Å². The van der Waals surface area contributed by atoms with Gasteiger partial charge in [0, 0.05) is 6.42 Å². The summed E-state index contributed by atoms with van der Waals surface area (Å²) in [7, 11) is 0. The molecule has 0 atom stereocenters. The van der Waals surface area contributed by atoms with Crippen LogP contribution in [-0.4, -0.2) is 26.4 Å². The van der Waals surface area contributed by atoms with Crippen molar-refractivity contribution in [1.29, 1.82) is 0 Å². The number of nitro groups is 1. The number of carbonyl (C=O) groups excluding carboxylic acids is 1. The smallest absolute Gasteiger partial charge is 0.390 e. The van der Waals surface area contributed by atoms with Crippen molar-refractivity contribution in [3.8, 4) is 0 Å². The molecule has 0 aromatic carbocycles. The summed E-state index contributed by atoms with van der Waals surface area (Å²) >= 11 is 0. The van der Waals surface area contributed by atoms with Crippen molar-refractivity contribution in [2.45, 2.75) is 25.6 Å². The molecule has 0 N–H and O–H groups in total. The van der Waals surface area contributed by atoms with E-state index < -0.39 is 42.2 Å². The predicted octanol–water partition coefficient (Wildman–Crippen LogP) is 1.70. The molecular weight excluding hydrogens is 242 g/mol. The minimum Gasteiger partial charge on any atom is -0.390 e. The molecule has 6 nitrogen and oxygen atoms in total. The first-order valence-electron chi connectivity index (χ1n) is 4.53. The van der Waals surface area contributed by atoms with Gasteiger partial charge in [-0.1, -0.05) is 4.98 Å². The molecule has 94 valence electrons. The third-order valence-electron chi connectivity index (χ3n) is 1.89. The van der Waals surface area contributed by atoms with Gasteiger partial charge in [-0.05, 0) is 4.92 Å². The normalized spacial score (nSPS) is 11.5. The Bertz CT molecular complexity index is 427. The maximum absolute atomic E-state index is 11.8. The van der Waals surface area contributed by atoms with Gasteiger partial charge < -0.3 is 10.1 Å². The van der Waals surface area contributed by atoms with Crippen molar-refractivity contribution < 1.29 is 22.9 Å². The topological polar surface area (TPSA) is 78.0 Å². The number of nitrogens with zero attached hydrogens (tertiary/aromatic N) is 3. The number of aromatic nitrogens is 2. The molecule has 0 amide bonds. The highest BCUT2D eigenvalue weighted by atomic mass is 19.3. The summed E-state index contributed by atoms with van der Waals surface area (Å²) in [4.78, 5) is 24.1. The van der Waals surface area contributed by atoms with Crippen molar-refractivity contribution in [2.24, 2.45) is 0 Å². The second-order valence-electron chi connectivity index (χ2n) is 3.27. The second-order valence-corrected chi connectivity index (χ2v) is 3.27. The molecular formula is C8H8F3N3O3. The summed E-state index contributed by atoms with van der Waals surface area (Å²) in [5.41, 5.74) is 0. The van der Waals surface area contributed by atoms with Gasteiger partial charge in [0.2, 0.25) is 0 Å². The number of hydrogen-bond acceptors (Lipinski definition) is 4. The number of imidazole rings is 1. The highest BCUT2D eigenvalue weighted by Crippen LogP contribution is 2.21. The number of hydrogen-bond donors (Lipinski definition) is 0. The lowest BCUT2D eigenvalue weighted by atomic mass is 10.2.